The van der Waals surface area contributed by atoms with Gasteiger partial charge in [0.05, 0.1) is 111 Å². The molecule has 9 fully saturated rings. The van der Waals surface area contributed by atoms with Gasteiger partial charge in [0.2, 0.25) is 0 Å². The van der Waals surface area contributed by atoms with Crippen LogP contribution in [0, 0.1) is 19.7 Å². The molecule has 11 aromatic rings. The highest BCUT2D eigenvalue weighted by Gasteiger charge is 2.34. The Labute approximate surface area is 674 Å². The van der Waals surface area contributed by atoms with Gasteiger partial charge in [-0.05, 0) is 114 Å². The lowest BCUT2D eigenvalue weighted by Crippen LogP contribution is -2.52. The summed E-state index contributed by atoms with van der Waals surface area (Å²) in [6, 6.07) is 24.7. The second-order valence-corrected chi connectivity index (χ2v) is 33.5. The Morgan fingerprint density at radius 2 is 0.817 bits per heavy atom. The lowest BCUT2D eigenvalue weighted by Gasteiger charge is -2.42. The summed E-state index contributed by atoms with van der Waals surface area (Å²) in [6.07, 6.45) is 30.8. The topological polar surface area (TPSA) is 191 Å². The number of likely N-dealkylation sites (N-methyl/N-ethyl adjacent to an activating group) is 3. The van der Waals surface area contributed by atoms with E-state index < -0.39 is 0 Å². The summed E-state index contributed by atoms with van der Waals surface area (Å²) in [5.41, 5.74) is 16.0. The number of hydrogen-bond donors (Lipinski definition) is 1. The van der Waals surface area contributed by atoms with Gasteiger partial charge in [0.15, 0.2) is 0 Å². The van der Waals surface area contributed by atoms with Gasteiger partial charge in [-0.15, -0.1) is 0 Å². The van der Waals surface area contributed by atoms with Gasteiger partial charge in [-0.3, -0.25) is 29.8 Å². The summed E-state index contributed by atoms with van der Waals surface area (Å²) in [5, 5.41) is 23.5. The summed E-state index contributed by atoms with van der Waals surface area (Å²) >= 11 is 0. The molecule has 9 aliphatic heterocycles. The molecule has 9 aliphatic rings. The smallest absolute Gasteiger partial charge is 0.148 e. The number of pyridine rings is 5. The van der Waals surface area contributed by atoms with E-state index >= 15 is 0 Å². The monoisotopic (exact) mass is 1560 g/mol. The predicted octanol–water partition coefficient (Wildman–Crippen LogP) is 11.9. The minimum Gasteiger partial charge on any atom is -0.488 e. The molecule has 0 unspecified atom stereocenters. The molecule has 26 heteroatoms. The Hall–Kier alpha value is -9.09. The number of H-pyrrole nitrogens is 1. The number of benzene rings is 2. The minimum atomic E-state index is -0.244. The fourth-order valence-electron chi connectivity index (χ4n) is 19.0. The van der Waals surface area contributed by atoms with Crippen molar-refractivity contribution in [1.82, 2.24) is 78.4 Å². The molecule has 0 spiro atoms. The zero-order valence-electron chi connectivity index (χ0n) is 67.8. The van der Waals surface area contributed by atoms with Crippen LogP contribution in [0.5, 0.6) is 17.2 Å². The molecule has 9 saturated heterocycles. The molecule has 0 amide bonds. The molecule has 20 rings (SSSR count). The zero-order chi connectivity index (χ0) is 77.9. The molecular weight excluding hydrogens is 1450 g/mol. The molecule has 0 atom stereocenters. The Balaban J connectivity index is 0.000000120. The molecule has 25 nitrogen and oxygen atoms in total. The highest BCUT2D eigenvalue weighted by Crippen LogP contribution is 2.43. The van der Waals surface area contributed by atoms with Gasteiger partial charge in [0.1, 0.15) is 57.9 Å². The Morgan fingerprint density at radius 1 is 0.409 bits per heavy atom. The van der Waals surface area contributed by atoms with Crippen molar-refractivity contribution >= 4 is 55.4 Å². The first kappa shape index (κ1) is 77.2. The number of hydrogen-bond acceptors (Lipinski definition) is 21. The third-order valence-electron chi connectivity index (χ3n) is 26.0. The number of fused-ring (bicyclic) bond motifs is 5. The van der Waals surface area contributed by atoms with E-state index in [4.69, 9.17) is 48.7 Å². The van der Waals surface area contributed by atoms with Crippen LogP contribution in [0.4, 0.5) is 21.5 Å². The van der Waals surface area contributed by atoms with E-state index in [9.17, 15) is 4.39 Å². The van der Waals surface area contributed by atoms with E-state index in [1.807, 2.05) is 62.7 Å². The van der Waals surface area contributed by atoms with Crippen LogP contribution in [-0.4, -0.2) is 293 Å². The number of piperazine rings is 3. The summed E-state index contributed by atoms with van der Waals surface area (Å²) in [7, 11) is 6.67. The molecule has 115 heavy (non-hydrogen) atoms. The van der Waals surface area contributed by atoms with E-state index in [0.717, 1.165) is 212 Å². The van der Waals surface area contributed by atoms with Gasteiger partial charge in [-0.2, -0.15) is 20.4 Å². The van der Waals surface area contributed by atoms with E-state index in [2.05, 4.69) is 148 Å². The number of aryl methyl sites for hydroxylation is 2. The van der Waals surface area contributed by atoms with Crippen LogP contribution in [0.15, 0.2) is 123 Å². The highest BCUT2D eigenvalue weighted by molar-refractivity contribution is 6.01. The molecule has 608 valence electrons. The van der Waals surface area contributed by atoms with Gasteiger partial charge >= 0.3 is 0 Å². The predicted molar refractivity (Wildman–Crippen MR) is 450 cm³/mol. The van der Waals surface area contributed by atoms with E-state index in [1.165, 1.54) is 121 Å². The molecule has 0 bridgehead atoms. The third kappa shape index (κ3) is 17.2. The summed E-state index contributed by atoms with van der Waals surface area (Å²) in [5.74, 6) is 2.41. The molecule has 2 aromatic carbocycles. The fourth-order valence-corrected chi connectivity index (χ4v) is 19.0. The second-order valence-electron chi connectivity index (χ2n) is 33.5. The largest absolute Gasteiger partial charge is 0.488 e. The van der Waals surface area contributed by atoms with Gasteiger partial charge in [0.25, 0.3) is 0 Å². The van der Waals surface area contributed by atoms with Crippen molar-refractivity contribution in [3.05, 3.63) is 140 Å². The first-order valence-corrected chi connectivity index (χ1v) is 42.6. The lowest BCUT2D eigenvalue weighted by atomic mass is 10.00. The zero-order valence-corrected chi connectivity index (χ0v) is 67.8. The van der Waals surface area contributed by atoms with Crippen molar-refractivity contribution in [3.63, 3.8) is 0 Å². The second kappa shape index (κ2) is 35.0. The number of rotatable bonds is 15. The number of anilines is 3. The van der Waals surface area contributed by atoms with E-state index in [1.54, 1.807) is 13.1 Å². The Morgan fingerprint density at radius 3 is 1.24 bits per heavy atom. The lowest BCUT2D eigenvalue weighted by molar-refractivity contribution is 0.0258. The van der Waals surface area contributed by atoms with Gasteiger partial charge in [-0.1, -0.05) is 18.2 Å². The summed E-state index contributed by atoms with van der Waals surface area (Å²) in [4.78, 5) is 32.1. The van der Waals surface area contributed by atoms with Crippen LogP contribution in [0.2, 0.25) is 0 Å². The summed E-state index contributed by atoms with van der Waals surface area (Å²) < 4.78 is 57.3. The molecule has 9 aromatic heterocycles. The molecule has 1 N–H and O–H groups in total. The minimum absolute atomic E-state index is 0.0963. The average Bonchev–Trinajstić information content (AvgIpc) is 1.71. The first-order chi connectivity index (χ1) is 56.4. The van der Waals surface area contributed by atoms with Gasteiger partial charge in [-0.25, -0.2) is 17.9 Å². The van der Waals surface area contributed by atoms with Crippen molar-refractivity contribution in [3.8, 4) is 50.6 Å². The maximum absolute atomic E-state index is 14.4. The Kier molecular flexibility index (Phi) is 23.5. The first-order valence-electron chi connectivity index (χ1n) is 42.6. The normalized spacial score (nSPS) is 20.9. The maximum atomic E-state index is 14.4. The van der Waals surface area contributed by atoms with Crippen molar-refractivity contribution in [2.45, 2.75) is 127 Å². The molecular formula is C89H114FN19O6. The van der Waals surface area contributed by atoms with Crippen molar-refractivity contribution in [2.75, 3.05) is 193 Å². The number of aromatic nitrogens is 10. The van der Waals surface area contributed by atoms with Crippen LogP contribution in [-0.2, 0) is 14.2 Å². The number of nitrogens with zero attached hydrogens (tertiary/aromatic N) is 18. The number of nitrogens with one attached hydrogen (secondary N) is 1. The maximum Gasteiger partial charge on any atom is 0.148 e. The van der Waals surface area contributed by atoms with E-state index in [-0.39, 0.29) is 24.1 Å². The van der Waals surface area contributed by atoms with Gasteiger partial charge in [0, 0.05) is 250 Å². The van der Waals surface area contributed by atoms with Crippen LogP contribution >= 0.6 is 0 Å². The standard InChI is InChI=1S/C32H39FN6O2.C32H40N6O2.C25H35N7O2/c1-22-17-27-26(3-8-34-30(27)19-29(22)33)28-20-35-39-21-24(18-31(32(28)39)41-25-6-15-40-16-7-25)37-9-4-23(5-10-37)38-13-11-36(2)12-14-38;1-23-19-28(27-5-3-4-6-30(27)34-23)29-21-33-38-22-25(20-31(32(29)38)40-26-9-17-39-18-10-26)36-11-7-24(8-12-36)37-15-13-35(2)14-16-37;1-29-8-10-31(11-9-29)20-2-6-30(7-3-20)21-14-24(34-22-4-12-33-13-5-22)25-23(17-28-32(25)18-21)19-15-26-27-16-19/h3,8,17-21,23,25H,4-7,9-16H2,1-2H3;3-6,19-22,24,26H,7-18H2,1-2H3;14-18,20,22H,2-13H2,1H3,(H,26,27). The van der Waals surface area contributed by atoms with Crippen LogP contribution in [0.3, 0.4) is 0 Å². The third-order valence-corrected chi connectivity index (χ3v) is 26.0. The van der Waals surface area contributed by atoms with Crippen LogP contribution in [0.1, 0.15) is 88.3 Å². The number of aromatic amines is 1. The number of halogens is 1. The van der Waals surface area contributed by atoms with Crippen molar-refractivity contribution in [1.29, 1.82) is 0 Å². The highest BCUT2D eigenvalue weighted by atomic mass is 19.1. The number of ether oxygens (including phenoxy) is 6. The van der Waals surface area contributed by atoms with Crippen LogP contribution < -0.4 is 28.9 Å². The van der Waals surface area contributed by atoms with E-state index in [0.29, 0.717) is 42.4 Å². The number of para-hydroxylation sites is 1. The van der Waals surface area contributed by atoms with Crippen molar-refractivity contribution < 1.29 is 32.8 Å². The summed E-state index contributed by atoms with van der Waals surface area (Å²) in [6.45, 7) is 28.7. The van der Waals surface area contributed by atoms with Gasteiger partial charge < -0.3 is 57.8 Å². The number of piperidine rings is 3. The quantitative estimate of drug-likeness (QED) is 0.102. The molecule has 18 heterocycles. The average molecular weight is 1570 g/mol. The SMILES string of the molecule is CN1CCN(C2CCN(c3cc(OC4CCOCC4)c4c(-c5cn[nH]c5)cnn4c3)CC2)CC1.Cc1cc(-c2cnn3cc(N4CCC(N5CCN(C)CC5)CC4)cc(OC4CCOCC4)c23)c2ccccc2n1.Cc1cc2c(-c3cnn4cc(N5CCC(N6CCN(C)CC6)CC5)cc(OC5CCOCC5)c34)ccnc2cc1F. The molecule has 0 aliphatic carbocycles. The Bertz CT molecular complexity index is 5090. The van der Waals surface area contributed by atoms with Crippen LogP contribution in [0.25, 0.3) is 71.7 Å². The molecule has 0 saturated carbocycles. The fraction of sp³-hybridized carbons (Fsp3) is 0.528. The van der Waals surface area contributed by atoms with Crippen molar-refractivity contribution in [2.24, 2.45) is 0 Å². The molecule has 0 radical (unpaired) electrons.